The Labute approximate surface area is 246 Å². The Bertz CT molecular complexity index is 1320. The van der Waals surface area contributed by atoms with Gasteiger partial charge in [-0.1, -0.05) is 36.4 Å². The van der Waals surface area contributed by atoms with Crippen molar-refractivity contribution in [2.45, 2.75) is 55.2 Å². The van der Waals surface area contributed by atoms with Crippen LogP contribution in [0.5, 0.6) is 0 Å². The van der Waals surface area contributed by atoms with Gasteiger partial charge in [0.15, 0.2) is 0 Å². The first-order valence-corrected chi connectivity index (χ1v) is 15.2. The van der Waals surface area contributed by atoms with E-state index in [2.05, 4.69) is 25.3 Å². The smallest absolute Gasteiger partial charge is 0.308 e. The molecule has 9 heteroatoms. The van der Waals surface area contributed by atoms with Crippen LogP contribution >= 0.6 is 11.8 Å². The van der Waals surface area contributed by atoms with E-state index in [0.29, 0.717) is 24.1 Å². The molecule has 0 aromatic heterocycles. The minimum atomic E-state index is -1.01. The Hall–Kier alpha value is -3.30. The summed E-state index contributed by atoms with van der Waals surface area (Å²) in [6.45, 7) is 11.5. The van der Waals surface area contributed by atoms with Crippen LogP contribution in [0.2, 0.25) is 0 Å². The number of rotatable bonds is 11. The van der Waals surface area contributed by atoms with Gasteiger partial charge in [0.1, 0.15) is 6.04 Å². The number of amides is 2. The molecular weight excluding hydrogens is 538 g/mol. The van der Waals surface area contributed by atoms with Crippen LogP contribution in [0.25, 0.3) is 0 Å². The normalized spacial score (nSPS) is 28.8. The highest BCUT2D eigenvalue weighted by molar-refractivity contribution is 8.02. The molecule has 41 heavy (non-hydrogen) atoms. The Kier molecular flexibility index (Phi) is 7.96. The molecule has 2 amide bonds. The van der Waals surface area contributed by atoms with E-state index in [4.69, 9.17) is 0 Å². The maximum absolute atomic E-state index is 14.8. The topological polar surface area (TPSA) is 101 Å². The fourth-order valence-corrected chi connectivity index (χ4v) is 9.75. The number of likely N-dealkylation sites (tertiary alicyclic amines) is 1. The van der Waals surface area contributed by atoms with Crippen molar-refractivity contribution in [2.24, 2.45) is 11.8 Å². The predicted molar refractivity (Wildman–Crippen MR) is 162 cm³/mol. The van der Waals surface area contributed by atoms with Crippen LogP contribution in [0.1, 0.15) is 45.2 Å². The number of carbonyl (C=O) groups is 3. The summed E-state index contributed by atoms with van der Waals surface area (Å²) in [5.41, 5.74) is 2.43. The van der Waals surface area contributed by atoms with E-state index in [0.717, 1.165) is 18.8 Å². The molecule has 3 saturated heterocycles. The number of aliphatic carboxylic acids is 1. The number of aliphatic hydroxyl groups excluding tert-OH is 1. The molecule has 3 aliphatic heterocycles. The molecule has 0 saturated carbocycles. The van der Waals surface area contributed by atoms with Gasteiger partial charge in [0.05, 0.1) is 29.2 Å². The van der Waals surface area contributed by atoms with Crippen LogP contribution in [0.4, 0.5) is 11.4 Å². The summed E-state index contributed by atoms with van der Waals surface area (Å²) in [4.78, 5) is 47.2. The molecular formula is C32H39N3O5S. The number of anilines is 2. The van der Waals surface area contributed by atoms with Gasteiger partial charge in [-0.15, -0.1) is 18.3 Å². The second-order valence-electron chi connectivity index (χ2n) is 11.3. The molecule has 2 aromatic carbocycles. The largest absolute Gasteiger partial charge is 0.481 e. The van der Waals surface area contributed by atoms with Gasteiger partial charge in [-0.25, -0.2) is 0 Å². The monoisotopic (exact) mass is 577 g/mol. The van der Waals surface area contributed by atoms with E-state index >= 15 is 0 Å². The molecule has 0 aliphatic carbocycles. The number of aliphatic hydroxyl groups is 1. The Balaban J connectivity index is 1.62. The number of hydrogen-bond acceptors (Lipinski definition) is 6. The van der Waals surface area contributed by atoms with Gasteiger partial charge in [0.25, 0.3) is 5.91 Å². The number of hydrogen-bond donors (Lipinski definition) is 2. The van der Waals surface area contributed by atoms with Crippen molar-refractivity contribution in [3.63, 3.8) is 0 Å². The zero-order valence-electron chi connectivity index (χ0n) is 23.9. The average Bonchev–Trinajstić information content (AvgIpc) is 3.54. The van der Waals surface area contributed by atoms with Crippen LogP contribution in [0.3, 0.4) is 0 Å². The van der Waals surface area contributed by atoms with Gasteiger partial charge < -0.3 is 24.9 Å². The van der Waals surface area contributed by atoms with Crippen LogP contribution in [-0.2, 0) is 14.4 Å². The number of carboxylic acid groups (broad SMARTS) is 1. The summed E-state index contributed by atoms with van der Waals surface area (Å²) in [7, 11) is 0. The second-order valence-corrected chi connectivity index (χ2v) is 13.2. The van der Waals surface area contributed by atoms with Gasteiger partial charge in [0, 0.05) is 35.8 Å². The third-order valence-corrected chi connectivity index (χ3v) is 11.3. The third kappa shape index (κ3) is 4.54. The van der Waals surface area contributed by atoms with Crippen molar-refractivity contribution in [3.05, 3.63) is 72.8 Å². The van der Waals surface area contributed by atoms with Gasteiger partial charge in [-0.3, -0.25) is 14.4 Å². The van der Waals surface area contributed by atoms with Crippen molar-refractivity contribution in [2.75, 3.05) is 36.0 Å². The van der Waals surface area contributed by atoms with E-state index in [1.54, 1.807) is 11.0 Å². The molecule has 2 aromatic rings. The number of nitrogens with zero attached hydrogens (tertiary/aromatic N) is 3. The molecule has 3 aliphatic rings. The summed E-state index contributed by atoms with van der Waals surface area (Å²) in [5, 5.41) is 21.0. The molecule has 3 fully saturated rings. The molecule has 1 spiro atoms. The number of benzene rings is 2. The Morgan fingerprint density at radius 3 is 2.29 bits per heavy atom. The first-order chi connectivity index (χ1) is 19.7. The highest BCUT2D eigenvalue weighted by atomic mass is 32.2. The summed E-state index contributed by atoms with van der Waals surface area (Å²) >= 11 is 1.49. The SMILES string of the molecule is C=CCN(C(=O)C1N([C@H](CO)c2ccccc2)C(=O)[C@@H]2[C@@H](C(=O)O)[C@@]3(C)CCC12S3)c1ccc(N(CC)CC)cc1. The highest BCUT2D eigenvalue weighted by Crippen LogP contribution is 2.72. The first-order valence-electron chi connectivity index (χ1n) is 14.4. The molecule has 3 heterocycles. The first kappa shape index (κ1) is 29.2. The Morgan fingerprint density at radius 2 is 1.73 bits per heavy atom. The maximum Gasteiger partial charge on any atom is 0.308 e. The lowest BCUT2D eigenvalue weighted by atomic mass is 9.66. The van der Waals surface area contributed by atoms with Gasteiger partial charge in [0.2, 0.25) is 5.91 Å². The summed E-state index contributed by atoms with van der Waals surface area (Å²) in [6.07, 6.45) is 2.82. The van der Waals surface area contributed by atoms with E-state index in [1.807, 2.05) is 61.5 Å². The van der Waals surface area contributed by atoms with Crippen LogP contribution in [-0.4, -0.2) is 74.7 Å². The van der Waals surface area contributed by atoms with E-state index in [9.17, 15) is 24.6 Å². The predicted octanol–water partition coefficient (Wildman–Crippen LogP) is 4.35. The highest BCUT2D eigenvalue weighted by Gasteiger charge is 2.78. The number of carboxylic acids is 1. The summed E-state index contributed by atoms with van der Waals surface area (Å²) in [6, 6.07) is 15.2. The molecule has 2 unspecified atom stereocenters. The van der Waals surface area contributed by atoms with E-state index in [1.165, 1.54) is 16.7 Å². The fraction of sp³-hybridized carbons (Fsp3) is 0.469. The third-order valence-electron chi connectivity index (χ3n) is 9.28. The van der Waals surface area contributed by atoms with Crippen molar-refractivity contribution in [1.29, 1.82) is 0 Å². The van der Waals surface area contributed by atoms with E-state index < -0.39 is 39.4 Å². The molecule has 2 N–H and O–H groups in total. The standard InChI is InChI=1S/C32H39N3O5S/c1-5-19-34(23-15-13-22(14-16-23)33(6-2)7-3)29(38)27-32-18-17-31(4,41-32)26(30(39)40)25(32)28(37)35(27)24(20-36)21-11-9-8-10-12-21/h5,8-16,24-27,36H,1,6-7,17-20H2,2-4H3,(H,39,40)/t24-,25+,26+,27?,31-,32?/m1/s1. The van der Waals surface area contributed by atoms with E-state index in [-0.39, 0.29) is 25.0 Å². The zero-order valence-corrected chi connectivity index (χ0v) is 24.7. The Morgan fingerprint density at radius 1 is 1.10 bits per heavy atom. The van der Waals surface area contributed by atoms with Crippen molar-refractivity contribution < 1.29 is 24.6 Å². The van der Waals surface area contributed by atoms with Crippen molar-refractivity contribution in [1.82, 2.24) is 4.90 Å². The van der Waals surface area contributed by atoms with Crippen molar-refractivity contribution in [3.8, 4) is 0 Å². The zero-order chi connectivity index (χ0) is 29.5. The van der Waals surface area contributed by atoms with Gasteiger partial charge in [-0.2, -0.15) is 0 Å². The van der Waals surface area contributed by atoms with Crippen LogP contribution in [0, 0.1) is 11.8 Å². The summed E-state index contributed by atoms with van der Waals surface area (Å²) in [5.74, 6) is -3.43. The molecule has 5 rings (SSSR count). The number of fused-ring (bicyclic) bond motifs is 1. The number of thioether (sulfide) groups is 1. The molecule has 6 atom stereocenters. The van der Waals surface area contributed by atoms with Crippen LogP contribution < -0.4 is 9.80 Å². The fourth-order valence-electron chi connectivity index (χ4n) is 7.42. The van der Waals surface area contributed by atoms with Crippen molar-refractivity contribution >= 4 is 40.9 Å². The van der Waals surface area contributed by atoms with Crippen LogP contribution in [0.15, 0.2) is 67.3 Å². The minimum absolute atomic E-state index is 0.224. The van der Waals surface area contributed by atoms with Gasteiger partial charge >= 0.3 is 5.97 Å². The lowest BCUT2D eigenvalue weighted by Crippen LogP contribution is -2.56. The average molecular weight is 578 g/mol. The molecule has 2 bridgehead atoms. The molecule has 0 radical (unpaired) electrons. The summed E-state index contributed by atoms with van der Waals surface area (Å²) < 4.78 is -1.55. The number of carbonyl (C=O) groups excluding carboxylic acids is 2. The molecule has 218 valence electrons. The second kappa shape index (κ2) is 11.2. The lowest BCUT2D eigenvalue weighted by Gasteiger charge is -2.39. The van der Waals surface area contributed by atoms with Gasteiger partial charge in [-0.05, 0) is 63.4 Å². The molecule has 8 nitrogen and oxygen atoms in total. The quantitative estimate of drug-likeness (QED) is 0.383. The lowest BCUT2D eigenvalue weighted by molar-refractivity contribution is -0.150. The maximum atomic E-state index is 14.8. The minimum Gasteiger partial charge on any atom is -0.481 e.